The van der Waals surface area contributed by atoms with Crippen molar-refractivity contribution in [3.63, 3.8) is 0 Å². The number of para-hydroxylation sites is 1. The molecule has 5 heteroatoms. The summed E-state index contributed by atoms with van der Waals surface area (Å²) < 4.78 is 0. The Morgan fingerprint density at radius 2 is 1.82 bits per heavy atom. The number of aromatic nitrogens is 2. The van der Waals surface area contributed by atoms with Crippen LogP contribution in [-0.2, 0) is 13.0 Å². The van der Waals surface area contributed by atoms with Crippen LogP contribution in [0.2, 0.25) is 0 Å². The smallest absolute Gasteiger partial charge is 0.159 e. The standard InChI is InChI=1S/C28H36N4O/c1-20(33)23-10-6-9-22(18-23)19-29-24-16-14-21(15-17-24)8-7-13-27-30-26-12-5-4-11-25(26)28(31-27)32(2)3/h4-6,9-12,18,21,24,29H,7-8,13-17,19H2,1-3H3. The van der Waals surface area contributed by atoms with Gasteiger partial charge in [0.2, 0.25) is 0 Å². The number of rotatable bonds is 9. The Bertz CT molecular complexity index is 1090. The number of Topliss-reactive ketones (excluding diaryl/α,β-unsaturated/α-hetero) is 1. The highest BCUT2D eigenvalue weighted by Crippen LogP contribution is 2.29. The first-order chi connectivity index (χ1) is 16.0. The number of benzene rings is 2. The maximum absolute atomic E-state index is 11.6. The highest BCUT2D eigenvalue weighted by atomic mass is 16.1. The Morgan fingerprint density at radius 1 is 1.03 bits per heavy atom. The van der Waals surface area contributed by atoms with Crippen molar-refractivity contribution in [3.05, 3.63) is 65.5 Å². The fraction of sp³-hybridized carbons (Fsp3) is 0.464. The largest absolute Gasteiger partial charge is 0.362 e. The molecule has 5 nitrogen and oxygen atoms in total. The van der Waals surface area contributed by atoms with Crippen molar-refractivity contribution in [2.75, 3.05) is 19.0 Å². The van der Waals surface area contributed by atoms with Crippen molar-refractivity contribution in [2.24, 2.45) is 5.92 Å². The Balaban J connectivity index is 1.22. The minimum atomic E-state index is 0.129. The van der Waals surface area contributed by atoms with Crippen LogP contribution in [0.25, 0.3) is 10.9 Å². The van der Waals surface area contributed by atoms with E-state index >= 15 is 0 Å². The second-order valence-electron chi connectivity index (χ2n) is 9.62. The molecule has 2 aromatic carbocycles. The van der Waals surface area contributed by atoms with Crippen LogP contribution in [0.1, 0.15) is 67.2 Å². The van der Waals surface area contributed by atoms with Crippen molar-refractivity contribution in [3.8, 4) is 0 Å². The Kier molecular flexibility index (Phi) is 7.71. The van der Waals surface area contributed by atoms with Crippen LogP contribution >= 0.6 is 0 Å². The first-order valence-electron chi connectivity index (χ1n) is 12.3. The van der Waals surface area contributed by atoms with Gasteiger partial charge in [0.25, 0.3) is 0 Å². The molecule has 0 unspecified atom stereocenters. The van der Waals surface area contributed by atoms with Gasteiger partial charge in [0.15, 0.2) is 5.78 Å². The fourth-order valence-corrected chi connectivity index (χ4v) is 4.93. The molecule has 1 aliphatic rings. The van der Waals surface area contributed by atoms with Gasteiger partial charge >= 0.3 is 0 Å². The van der Waals surface area contributed by atoms with Crippen LogP contribution in [0.5, 0.6) is 0 Å². The monoisotopic (exact) mass is 444 g/mol. The number of hydrogen-bond donors (Lipinski definition) is 1. The lowest BCUT2D eigenvalue weighted by Gasteiger charge is -2.29. The molecule has 33 heavy (non-hydrogen) atoms. The second-order valence-corrected chi connectivity index (χ2v) is 9.62. The first-order valence-corrected chi connectivity index (χ1v) is 12.3. The minimum absolute atomic E-state index is 0.129. The molecule has 0 aliphatic heterocycles. The summed E-state index contributed by atoms with van der Waals surface area (Å²) in [7, 11) is 4.09. The molecule has 1 heterocycles. The van der Waals surface area contributed by atoms with Crippen molar-refractivity contribution >= 4 is 22.5 Å². The van der Waals surface area contributed by atoms with Gasteiger partial charge in [0, 0.05) is 44.1 Å². The van der Waals surface area contributed by atoms with Gasteiger partial charge in [-0.15, -0.1) is 0 Å². The van der Waals surface area contributed by atoms with Crippen LogP contribution in [0.15, 0.2) is 48.5 Å². The number of carbonyl (C=O) groups excluding carboxylic acids is 1. The molecular weight excluding hydrogens is 408 g/mol. The number of fused-ring (bicyclic) bond motifs is 1. The number of aryl methyl sites for hydroxylation is 1. The van der Waals surface area contributed by atoms with Gasteiger partial charge in [0.1, 0.15) is 11.6 Å². The molecule has 1 aromatic heterocycles. The van der Waals surface area contributed by atoms with E-state index in [0.29, 0.717) is 6.04 Å². The third-order valence-corrected chi connectivity index (χ3v) is 6.84. The summed E-state index contributed by atoms with van der Waals surface area (Å²) in [5, 5.41) is 4.82. The fourth-order valence-electron chi connectivity index (χ4n) is 4.93. The molecule has 3 aromatic rings. The average molecular weight is 445 g/mol. The van der Waals surface area contributed by atoms with Gasteiger partial charge in [-0.1, -0.05) is 36.8 Å². The van der Waals surface area contributed by atoms with E-state index in [-0.39, 0.29) is 5.78 Å². The van der Waals surface area contributed by atoms with Crippen molar-refractivity contribution in [1.82, 2.24) is 15.3 Å². The number of ketones is 1. The molecule has 0 bridgehead atoms. The highest BCUT2D eigenvalue weighted by Gasteiger charge is 2.21. The lowest BCUT2D eigenvalue weighted by molar-refractivity contribution is 0.101. The van der Waals surface area contributed by atoms with Gasteiger partial charge < -0.3 is 10.2 Å². The number of carbonyl (C=O) groups is 1. The van der Waals surface area contributed by atoms with E-state index in [9.17, 15) is 4.79 Å². The van der Waals surface area contributed by atoms with Gasteiger partial charge in [-0.3, -0.25) is 4.79 Å². The maximum Gasteiger partial charge on any atom is 0.159 e. The second kappa shape index (κ2) is 10.9. The summed E-state index contributed by atoms with van der Waals surface area (Å²) in [6.07, 6.45) is 8.37. The minimum Gasteiger partial charge on any atom is -0.362 e. The number of hydrogen-bond acceptors (Lipinski definition) is 5. The van der Waals surface area contributed by atoms with Crippen LogP contribution in [-0.4, -0.2) is 35.9 Å². The number of nitrogens with zero attached hydrogens (tertiary/aromatic N) is 3. The quantitative estimate of drug-likeness (QED) is 0.437. The Morgan fingerprint density at radius 3 is 2.58 bits per heavy atom. The third kappa shape index (κ3) is 6.17. The summed E-state index contributed by atoms with van der Waals surface area (Å²) in [4.78, 5) is 23.3. The zero-order chi connectivity index (χ0) is 23.2. The predicted octanol–water partition coefficient (Wildman–Crippen LogP) is 5.57. The molecule has 4 rings (SSSR count). The summed E-state index contributed by atoms with van der Waals surface area (Å²) in [5.74, 6) is 2.90. The predicted molar refractivity (Wildman–Crippen MR) is 136 cm³/mol. The van der Waals surface area contributed by atoms with Gasteiger partial charge in [-0.05, 0) is 68.7 Å². The van der Waals surface area contributed by atoms with E-state index < -0.39 is 0 Å². The average Bonchev–Trinajstić information content (AvgIpc) is 2.83. The zero-order valence-corrected chi connectivity index (χ0v) is 20.2. The van der Waals surface area contributed by atoms with Crippen LogP contribution in [0.4, 0.5) is 5.82 Å². The topological polar surface area (TPSA) is 58.1 Å². The number of anilines is 1. The van der Waals surface area contributed by atoms with Gasteiger partial charge in [-0.2, -0.15) is 0 Å². The molecular formula is C28H36N4O. The lowest BCUT2D eigenvalue weighted by atomic mass is 9.83. The van der Waals surface area contributed by atoms with Gasteiger partial charge in [-0.25, -0.2) is 9.97 Å². The molecule has 0 saturated heterocycles. The lowest BCUT2D eigenvalue weighted by Crippen LogP contribution is -2.32. The Hall–Kier alpha value is -2.79. The molecule has 1 N–H and O–H groups in total. The van der Waals surface area contributed by atoms with E-state index in [0.717, 1.165) is 53.4 Å². The van der Waals surface area contributed by atoms with Crippen LogP contribution in [0.3, 0.4) is 0 Å². The van der Waals surface area contributed by atoms with E-state index in [1.807, 2.05) is 44.4 Å². The van der Waals surface area contributed by atoms with Crippen molar-refractivity contribution in [2.45, 2.75) is 64.5 Å². The van der Waals surface area contributed by atoms with Crippen LogP contribution < -0.4 is 10.2 Å². The normalized spacial score (nSPS) is 18.4. The highest BCUT2D eigenvalue weighted by molar-refractivity contribution is 5.94. The van der Waals surface area contributed by atoms with Crippen LogP contribution in [0, 0.1) is 5.92 Å². The van der Waals surface area contributed by atoms with E-state index in [2.05, 4.69) is 28.4 Å². The van der Waals surface area contributed by atoms with Crippen molar-refractivity contribution < 1.29 is 4.79 Å². The third-order valence-electron chi connectivity index (χ3n) is 6.84. The number of nitrogens with one attached hydrogen (secondary N) is 1. The van der Waals surface area contributed by atoms with Gasteiger partial charge in [0.05, 0.1) is 5.52 Å². The molecule has 1 aliphatic carbocycles. The summed E-state index contributed by atoms with van der Waals surface area (Å²) >= 11 is 0. The molecule has 0 radical (unpaired) electrons. The zero-order valence-electron chi connectivity index (χ0n) is 20.2. The molecule has 0 spiro atoms. The molecule has 1 fully saturated rings. The first kappa shape index (κ1) is 23.4. The molecule has 1 saturated carbocycles. The van der Waals surface area contributed by atoms with E-state index in [1.54, 1.807) is 6.92 Å². The molecule has 174 valence electrons. The molecule has 0 atom stereocenters. The van der Waals surface area contributed by atoms with E-state index in [1.165, 1.54) is 37.7 Å². The molecule has 0 amide bonds. The maximum atomic E-state index is 11.6. The summed E-state index contributed by atoms with van der Waals surface area (Å²) in [6.45, 7) is 2.46. The SMILES string of the molecule is CC(=O)c1cccc(CNC2CCC(CCCc3nc(N(C)C)c4ccccc4n3)CC2)c1. The van der Waals surface area contributed by atoms with E-state index in [4.69, 9.17) is 9.97 Å². The summed E-state index contributed by atoms with van der Waals surface area (Å²) in [5.41, 5.74) is 3.02. The van der Waals surface area contributed by atoms with Crippen molar-refractivity contribution in [1.29, 1.82) is 0 Å². The Labute approximate surface area is 197 Å². The summed E-state index contributed by atoms with van der Waals surface area (Å²) in [6, 6.07) is 16.8.